The van der Waals surface area contributed by atoms with Crippen LogP contribution in [0, 0.1) is 6.92 Å². The van der Waals surface area contributed by atoms with Crippen LogP contribution < -0.4 is 15.7 Å². The van der Waals surface area contributed by atoms with E-state index in [1.165, 1.54) is 0 Å². The molecule has 0 spiro atoms. The van der Waals surface area contributed by atoms with Gasteiger partial charge in [-0.25, -0.2) is 4.79 Å². The van der Waals surface area contributed by atoms with Gasteiger partial charge in [0.15, 0.2) is 0 Å². The molecule has 0 radical (unpaired) electrons. The first-order valence-corrected chi connectivity index (χ1v) is 9.58. The van der Waals surface area contributed by atoms with E-state index in [2.05, 4.69) is 5.32 Å². The zero-order valence-corrected chi connectivity index (χ0v) is 16.6. The van der Waals surface area contributed by atoms with Crippen molar-refractivity contribution in [1.29, 1.82) is 0 Å². The van der Waals surface area contributed by atoms with Crippen LogP contribution in [-0.4, -0.2) is 30.4 Å². The second-order valence-electron chi connectivity index (χ2n) is 7.34. The second kappa shape index (κ2) is 9.04. The minimum atomic E-state index is -0.611. The maximum atomic E-state index is 12.5. The Hall–Kier alpha value is -2.63. The summed E-state index contributed by atoms with van der Waals surface area (Å²) in [5.41, 5.74) is 2.82. The van der Waals surface area contributed by atoms with Gasteiger partial charge in [0.25, 0.3) is 0 Å². The Bertz CT molecular complexity index is 979. The average Bonchev–Trinajstić information content (AvgIpc) is 2.68. The highest BCUT2D eigenvalue weighted by atomic mass is 16.5. The monoisotopic (exact) mass is 381 g/mol. The Kier molecular flexibility index (Phi) is 6.49. The Morgan fingerprint density at radius 3 is 2.61 bits per heavy atom. The summed E-state index contributed by atoms with van der Waals surface area (Å²) in [6.07, 6.45) is -0.0711. The van der Waals surface area contributed by atoms with Crippen molar-refractivity contribution >= 4 is 11.0 Å². The predicted molar refractivity (Wildman–Crippen MR) is 111 cm³/mol. The summed E-state index contributed by atoms with van der Waals surface area (Å²) in [6.45, 7) is 6.61. The van der Waals surface area contributed by atoms with Gasteiger partial charge < -0.3 is 19.6 Å². The molecule has 0 fully saturated rings. The average molecular weight is 381 g/mol. The number of aliphatic hydroxyl groups is 1. The van der Waals surface area contributed by atoms with Crippen molar-refractivity contribution in [3.63, 3.8) is 0 Å². The molecule has 0 aliphatic carbocycles. The first-order chi connectivity index (χ1) is 13.4. The predicted octanol–water partition coefficient (Wildman–Crippen LogP) is 3.43. The molecule has 1 atom stereocenters. The van der Waals surface area contributed by atoms with Crippen LogP contribution in [0.1, 0.15) is 30.5 Å². The molecule has 0 saturated carbocycles. The molecular formula is C23H27NO4. The molecule has 5 heteroatoms. The summed E-state index contributed by atoms with van der Waals surface area (Å²) < 4.78 is 11.2. The molecule has 3 rings (SSSR count). The Labute approximate surface area is 165 Å². The molecule has 1 heterocycles. The van der Waals surface area contributed by atoms with Gasteiger partial charge in [-0.2, -0.15) is 0 Å². The molecule has 2 N–H and O–H groups in total. The zero-order chi connectivity index (χ0) is 20.1. The number of benzene rings is 2. The molecule has 0 unspecified atom stereocenters. The van der Waals surface area contributed by atoms with E-state index in [1.807, 2.05) is 63.2 Å². The Balaban J connectivity index is 1.78. The van der Waals surface area contributed by atoms with E-state index in [9.17, 15) is 9.90 Å². The van der Waals surface area contributed by atoms with Gasteiger partial charge in [-0.15, -0.1) is 0 Å². The van der Waals surface area contributed by atoms with E-state index in [1.54, 1.807) is 6.07 Å². The number of ether oxygens (including phenoxy) is 1. The van der Waals surface area contributed by atoms with Crippen LogP contribution in [0.4, 0.5) is 0 Å². The molecule has 0 bridgehead atoms. The van der Waals surface area contributed by atoms with Gasteiger partial charge in [0.1, 0.15) is 24.0 Å². The van der Waals surface area contributed by atoms with Crippen molar-refractivity contribution in [3.8, 4) is 5.75 Å². The molecule has 0 aliphatic rings. The van der Waals surface area contributed by atoms with Gasteiger partial charge in [0.2, 0.25) is 0 Å². The van der Waals surface area contributed by atoms with Crippen LogP contribution in [0.25, 0.3) is 11.0 Å². The van der Waals surface area contributed by atoms with Crippen LogP contribution in [-0.2, 0) is 6.42 Å². The third-order valence-electron chi connectivity index (χ3n) is 4.69. The summed E-state index contributed by atoms with van der Waals surface area (Å²) >= 11 is 0. The number of hydrogen-bond acceptors (Lipinski definition) is 5. The molecule has 1 aromatic heterocycles. The lowest BCUT2D eigenvalue weighted by Gasteiger charge is -2.15. The molecule has 0 saturated heterocycles. The van der Waals surface area contributed by atoms with E-state index in [0.717, 1.165) is 16.5 Å². The molecule has 148 valence electrons. The number of aryl methyl sites for hydroxylation is 1. The summed E-state index contributed by atoms with van der Waals surface area (Å²) in [5.74, 6) is 0.564. The fourth-order valence-electron chi connectivity index (χ4n) is 3.09. The first kappa shape index (κ1) is 20.1. The van der Waals surface area contributed by atoms with Gasteiger partial charge >= 0.3 is 5.63 Å². The molecule has 3 aromatic rings. The van der Waals surface area contributed by atoms with Crippen molar-refractivity contribution in [2.24, 2.45) is 0 Å². The fraction of sp³-hybridized carbons (Fsp3) is 0.348. The van der Waals surface area contributed by atoms with Crippen LogP contribution >= 0.6 is 0 Å². The molecule has 2 aromatic carbocycles. The van der Waals surface area contributed by atoms with Gasteiger partial charge in [-0.05, 0) is 30.2 Å². The largest absolute Gasteiger partial charge is 0.491 e. The van der Waals surface area contributed by atoms with Gasteiger partial charge in [-0.1, -0.05) is 44.2 Å². The third kappa shape index (κ3) is 5.00. The lowest BCUT2D eigenvalue weighted by atomic mass is 10.00. The smallest absolute Gasteiger partial charge is 0.340 e. The van der Waals surface area contributed by atoms with Crippen molar-refractivity contribution in [2.45, 2.75) is 39.3 Å². The highest BCUT2D eigenvalue weighted by molar-refractivity contribution is 5.82. The van der Waals surface area contributed by atoms with E-state index < -0.39 is 6.10 Å². The lowest BCUT2D eigenvalue weighted by molar-refractivity contribution is 0.104. The standard InChI is InChI=1S/C23H27NO4/c1-15(2)24-13-18(25)14-27-19-9-10-20-16(3)21(23(26)28-22(20)12-19)11-17-7-5-4-6-8-17/h4-10,12,15,18,24-25H,11,13-14H2,1-3H3/t18-/m0/s1. The minimum Gasteiger partial charge on any atom is -0.491 e. The summed E-state index contributed by atoms with van der Waals surface area (Å²) in [6, 6.07) is 15.6. The van der Waals surface area contributed by atoms with Crippen molar-refractivity contribution < 1.29 is 14.3 Å². The van der Waals surface area contributed by atoms with Crippen molar-refractivity contribution in [2.75, 3.05) is 13.2 Å². The van der Waals surface area contributed by atoms with E-state index >= 15 is 0 Å². The van der Waals surface area contributed by atoms with E-state index in [4.69, 9.17) is 9.15 Å². The second-order valence-corrected chi connectivity index (χ2v) is 7.34. The molecule has 5 nitrogen and oxygen atoms in total. The summed E-state index contributed by atoms with van der Waals surface area (Å²) in [5, 5.41) is 14.0. The third-order valence-corrected chi connectivity index (χ3v) is 4.69. The normalized spacial score (nSPS) is 12.5. The Morgan fingerprint density at radius 2 is 1.89 bits per heavy atom. The maximum Gasteiger partial charge on any atom is 0.340 e. The van der Waals surface area contributed by atoms with E-state index in [0.29, 0.717) is 35.9 Å². The van der Waals surface area contributed by atoms with Crippen LogP contribution in [0.5, 0.6) is 5.75 Å². The first-order valence-electron chi connectivity index (χ1n) is 9.58. The molecular weight excluding hydrogens is 354 g/mol. The van der Waals surface area contributed by atoms with Crippen LogP contribution in [0.15, 0.2) is 57.7 Å². The lowest BCUT2D eigenvalue weighted by Crippen LogP contribution is -2.35. The number of fused-ring (bicyclic) bond motifs is 1. The summed E-state index contributed by atoms with van der Waals surface area (Å²) in [4.78, 5) is 12.5. The number of aliphatic hydroxyl groups excluding tert-OH is 1. The SMILES string of the molecule is Cc1c(Cc2ccccc2)c(=O)oc2cc(OC[C@@H](O)CNC(C)C)ccc12. The van der Waals surface area contributed by atoms with Crippen LogP contribution in [0.2, 0.25) is 0 Å². The fourth-order valence-corrected chi connectivity index (χ4v) is 3.09. The quantitative estimate of drug-likeness (QED) is 0.585. The van der Waals surface area contributed by atoms with Crippen molar-refractivity contribution in [1.82, 2.24) is 5.32 Å². The number of rotatable bonds is 8. The van der Waals surface area contributed by atoms with Crippen LogP contribution in [0.3, 0.4) is 0 Å². The zero-order valence-electron chi connectivity index (χ0n) is 16.6. The van der Waals surface area contributed by atoms with E-state index in [-0.39, 0.29) is 12.2 Å². The van der Waals surface area contributed by atoms with Crippen molar-refractivity contribution in [3.05, 3.63) is 75.6 Å². The maximum absolute atomic E-state index is 12.5. The molecule has 0 amide bonds. The van der Waals surface area contributed by atoms with Gasteiger partial charge in [0, 0.05) is 36.0 Å². The van der Waals surface area contributed by atoms with Gasteiger partial charge in [0.05, 0.1) is 0 Å². The highest BCUT2D eigenvalue weighted by Crippen LogP contribution is 2.25. The number of nitrogens with one attached hydrogen (secondary N) is 1. The van der Waals surface area contributed by atoms with Gasteiger partial charge in [-0.3, -0.25) is 0 Å². The molecule has 28 heavy (non-hydrogen) atoms. The highest BCUT2D eigenvalue weighted by Gasteiger charge is 2.13. The minimum absolute atomic E-state index is 0.167. The topological polar surface area (TPSA) is 71.7 Å². The molecule has 0 aliphatic heterocycles. The Morgan fingerprint density at radius 1 is 1.14 bits per heavy atom. The number of hydrogen-bond donors (Lipinski definition) is 2. The summed E-state index contributed by atoms with van der Waals surface area (Å²) in [7, 11) is 0.